The van der Waals surface area contributed by atoms with Gasteiger partial charge in [-0.25, -0.2) is 13.1 Å². The number of hydrogen-bond donors (Lipinski definition) is 2. The van der Waals surface area contributed by atoms with E-state index in [-0.39, 0.29) is 23.1 Å². The third kappa shape index (κ3) is 4.64. The number of nitrogens with one attached hydrogen (secondary N) is 2. The molecule has 2 aromatic rings. The fourth-order valence-electron chi connectivity index (χ4n) is 1.74. The molecule has 8 heteroatoms. The number of hydrogen-bond acceptors (Lipinski definition) is 4. The van der Waals surface area contributed by atoms with Crippen molar-refractivity contribution in [3.8, 4) is 0 Å². The number of anilines is 1. The maximum absolute atomic E-state index is 12.0. The quantitative estimate of drug-likeness (QED) is 0.778. The lowest BCUT2D eigenvalue weighted by atomic mass is 10.2. The van der Waals surface area contributed by atoms with Crippen LogP contribution in [0.4, 0.5) is 5.69 Å². The highest BCUT2D eigenvalue weighted by molar-refractivity contribution is 9.11. The number of carbonyl (C=O) groups is 1. The summed E-state index contributed by atoms with van der Waals surface area (Å²) in [6.07, 6.45) is 0.0696. The van der Waals surface area contributed by atoms with E-state index < -0.39 is 10.0 Å². The summed E-state index contributed by atoms with van der Waals surface area (Å²) in [6, 6.07) is 10.6. The van der Waals surface area contributed by atoms with Gasteiger partial charge in [-0.15, -0.1) is 11.3 Å². The maximum Gasteiger partial charge on any atom is 0.250 e. The molecule has 0 radical (unpaired) electrons. The Morgan fingerprint density at radius 2 is 1.95 bits per heavy atom. The summed E-state index contributed by atoms with van der Waals surface area (Å²) in [5.41, 5.74) is 1.69. The van der Waals surface area contributed by atoms with Crippen molar-refractivity contribution in [2.24, 2.45) is 0 Å². The van der Waals surface area contributed by atoms with Gasteiger partial charge in [0, 0.05) is 18.7 Å². The Morgan fingerprint density at radius 3 is 2.59 bits per heavy atom. The number of halogens is 1. The molecule has 2 N–H and O–H groups in total. The number of para-hydroxylation sites is 1. The highest BCUT2D eigenvalue weighted by atomic mass is 79.9. The number of amides is 1. The molecule has 0 fully saturated rings. The molecule has 22 heavy (non-hydrogen) atoms. The van der Waals surface area contributed by atoms with E-state index in [0.717, 1.165) is 26.4 Å². The van der Waals surface area contributed by atoms with Crippen molar-refractivity contribution in [3.63, 3.8) is 0 Å². The maximum atomic E-state index is 12.0. The molecule has 1 heterocycles. The number of benzene rings is 1. The third-order valence-corrected chi connectivity index (χ3v) is 6.45. The zero-order valence-electron chi connectivity index (χ0n) is 11.8. The fourth-order valence-corrected chi connectivity index (χ4v) is 4.82. The van der Waals surface area contributed by atoms with E-state index in [0.29, 0.717) is 0 Å². The lowest BCUT2D eigenvalue weighted by Crippen LogP contribution is -2.27. The van der Waals surface area contributed by atoms with Gasteiger partial charge >= 0.3 is 0 Å². The van der Waals surface area contributed by atoms with Gasteiger partial charge in [0.15, 0.2) is 0 Å². The van der Waals surface area contributed by atoms with Crippen molar-refractivity contribution in [2.45, 2.75) is 17.6 Å². The summed E-state index contributed by atoms with van der Waals surface area (Å²) in [6.45, 7) is 1.95. The highest BCUT2D eigenvalue weighted by Crippen LogP contribution is 2.25. The van der Waals surface area contributed by atoms with Gasteiger partial charge in [-0.05, 0) is 46.6 Å². The lowest BCUT2D eigenvalue weighted by Gasteiger charge is -2.08. The van der Waals surface area contributed by atoms with Crippen molar-refractivity contribution in [3.05, 3.63) is 45.7 Å². The minimum Gasteiger partial charge on any atom is -0.326 e. The number of rotatable bonds is 6. The van der Waals surface area contributed by atoms with Crippen LogP contribution in [0.2, 0.25) is 0 Å². The zero-order valence-corrected chi connectivity index (χ0v) is 15.0. The standard InChI is InChI=1S/C14H15BrN2O3S2/c1-10-4-2-3-5-11(10)17-13(18)8-9-16-22(19,20)14-7-6-12(15)21-14/h2-7,16H,8-9H2,1H3,(H,17,18). The first-order chi connectivity index (χ1) is 10.4. The van der Waals surface area contributed by atoms with E-state index in [1.165, 1.54) is 6.07 Å². The molecule has 1 amide bonds. The van der Waals surface area contributed by atoms with E-state index in [4.69, 9.17) is 0 Å². The Bertz CT molecular complexity index is 772. The summed E-state index contributed by atoms with van der Waals surface area (Å²) in [4.78, 5) is 11.8. The molecule has 0 aliphatic rings. The van der Waals surface area contributed by atoms with Crippen molar-refractivity contribution in [1.29, 1.82) is 0 Å². The summed E-state index contributed by atoms with van der Waals surface area (Å²) in [7, 11) is -3.56. The Labute approximate surface area is 141 Å². The Morgan fingerprint density at radius 1 is 1.23 bits per heavy atom. The van der Waals surface area contributed by atoms with E-state index in [1.807, 2.05) is 25.1 Å². The molecule has 1 aromatic heterocycles. The SMILES string of the molecule is Cc1ccccc1NC(=O)CCNS(=O)(=O)c1ccc(Br)s1. The second-order valence-corrected chi connectivity index (χ2v) is 9.03. The molecule has 0 bridgehead atoms. The molecule has 1 aromatic carbocycles. The normalized spacial score (nSPS) is 11.4. The van der Waals surface area contributed by atoms with Crippen LogP contribution < -0.4 is 10.0 Å². The molecule has 0 saturated heterocycles. The van der Waals surface area contributed by atoms with Crippen LogP contribution in [0.15, 0.2) is 44.4 Å². The van der Waals surface area contributed by atoms with E-state index in [2.05, 4.69) is 26.0 Å². The monoisotopic (exact) mass is 402 g/mol. The molecule has 118 valence electrons. The minimum absolute atomic E-state index is 0.0512. The average molecular weight is 403 g/mol. The van der Waals surface area contributed by atoms with Crippen molar-refractivity contribution in [2.75, 3.05) is 11.9 Å². The van der Waals surface area contributed by atoms with Crippen LogP contribution in [0.25, 0.3) is 0 Å². The molecule has 0 saturated carbocycles. The fraction of sp³-hybridized carbons (Fsp3) is 0.214. The van der Waals surface area contributed by atoms with Crippen LogP contribution in [-0.2, 0) is 14.8 Å². The Hall–Kier alpha value is -1.22. The number of sulfonamides is 1. The van der Waals surface area contributed by atoms with Crippen LogP contribution in [0.5, 0.6) is 0 Å². The van der Waals surface area contributed by atoms with Crippen LogP contribution in [0, 0.1) is 6.92 Å². The molecular weight excluding hydrogens is 388 g/mol. The molecule has 5 nitrogen and oxygen atoms in total. The van der Waals surface area contributed by atoms with Crippen LogP contribution in [0.1, 0.15) is 12.0 Å². The van der Waals surface area contributed by atoms with Gasteiger partial charge in [-0.1, -0.05) is 18.2 Å². The summed E-state index contributed by atoms with van der Waals surface area (Å²) in [5, 5.41) is 2.76. The molecule has 0 atom stereocenters. The van der Waals surface area contributed by atoms with Crippen molar-refractivity contribution < 1.29 is 13.2 Å². The smallest absolute Gasteiger partial charge is 0.250 e. The predicted octanol–water partition coefficient (Wildman–Crippen LogP) is 3.13. The first-order valence-electron chi connectivity index (χ1n) is 6.49. The Balaban J connectivity index is 1.86. The summed E-state index contributed by atoms with van der Waals surface area (Å²) in [5.74, 6) is -0.232. The van der Waals surface area contributed by atoms with Crippen LogP contribution in [0.3, 0.4) is 0 Å². The van der Waals surface area contributed by atoms with Gasteiger partial charge in [-0.2, -0.15) is 0 Å². The van der Waals surface area contributed by atoms with Crippen LogP contribution in [-0.4, -0.2) is 20.9 Å². The highest BCUT2D eigenvalue weighted by Gasteiger charge is 2.16. The van der Waals surface area contributed by atoms with Gasteiger partial charge in [0.05, 0.1) is 3.79 Å². The summed E-state index contributed by atoms with van der Waals surface area (Å²) >= 11 is 4.35. The zero-order chi connectivity index (χ0) is 16.2. The first kappa shape index (κ1) is 17.1. The van der Waals surface area contributed by atoms with Gasteiger partial charge < -0.3 is 5.32 Å². The molecule has 0 aliphatic carbocycles. The van der Waals surface area contributed by atoms with Crippen molar-refractivity contribution >= 4 is 48.9 Å². The van der Waals surface area contributed by atoms with Gasteiger partial charge in [0.1, 0.15) is 4.21 Å². The number of carbonyl (C=O) groups excluding carboxylic acids is 1. The predicted molar refractivity (Wildman–Crippen MR) is 91.6 cm³/mol. The van der Waals surface area contributed by atoms with Crippen molar-refractivity contribution in [1.82, 2.24) is 4.72 Å². The molecule has 2 rings (SSSR count). The lowest BCUT2D eigenvalue weighted by molar-refractivity contribution is -0.116. The van der Waals surface area contributed by atoms with E-state index in [1.54, 1.807) is 12.1 Å². The summed E-state index contributed by atoms with van der Waals surface area (Å²) < 4.78 is 27.4. The number of thiophene rings is 1. The van der Waals surface area contributed by atoms with E-state index >= 15 is 0 Å². The van der Waals surface area contributed by atoms with Gasteiger partial charge in [0.25, 0.3) is 0 Å². The van der Waals surface area contributed by atoms with E-state index in [9.17, 15) is 13.2 Å². The van der Waals surface area contributed by atoms with Crippen LogP contribution >= 0.6 is 27.3 Å². The molecular formula is C14H15BrN2O3S2. The average Bonchev–Trinajstić information content (AvgIpc) is 2.89. The second-order valence-electron chi connectivity index (χ2n) is 4.57. The largest absolute Gasteiger partial charge is 0.326 e. The topological polar surface area (TPSA) is 75.3 Å². The van der Waals surface area contributed by atoms with Gasteiger partial charge in [-0.3, -0.25) is 4.79 Å². The minimum atomic E-state index is -3.56. The Kier molecular flexibility index (Phi) is 5.74. The molecule has 0 aliphatic heterocycles. The third-order valence-electron chi connectivity index (χ3n) is 2.88. The second kappa shape index (κ2) is 7.36. The number of aryl methyl sites for hydroxylation is 1. The van der Waals surface area contributed by atoms with Gasteiger partial charge in [0.2, 0.25) is 15.9 Å². The molecule has 0 spiro atoms. The molecule has 0 unspecified atom stereocenters. The first-order valence-corrected chi connectivity index (χ1v) is 9.58.